The van der Waals surface area contributed by atoms with E-state index in [-0.39, 0.29) is 5.56 Å². The number of hydrogen-bond acceptors (Lipinski definition) is 4. The van der Waals surface area contributed by atoms with Crippen LogP contribution in [0, 0.1) is 11.6 Å². The SMILES string of the molecule is Fc1cccc(F)c1-c1cc2c3c(n1)OCCN3C1CCNCC21. The molecule has 1 saturated heterocycles. The molecule has 1 fully saturated rings. The van der Waals surface area contributed by atoms with Crippen LogP contribution in [0.5, 0.6) is 5.88 Å². The Kier molecular flexibility index (Phi) is 3.03. The third-order valence-electron chi connectivity index (χ3n) is 5.31. The number of halogens is 2. The van der Waals surface area contributed by atoms with E-state index in [0.29, 0.717) is 30.1 Å². The molecule has 0 amide bonds. The van der Waals surface area contributed by atoms with E-state index in [4.69, 9.17) is 4.74 Å². The Bertz CT molecular complexity index is 806. The third-order valence-corrected chi connectivity index (χ3v) is 5.31. The first-order valence-electron chi connectivity index (χ1n) is 8.33. The molecule has 3 aliphatic heterocycles. The second-order valence-corrected chi connectivity index (χ2v) is 6.56. The molecule has 124 valence electrons. The van der Waals surface area contributed by atoms with E-state index in [1.165, 1.54) is 18.2 Å². The molecule has 0 bridgehead atoms. The van der Waals surface area contributed by atoms with Crippen LogP contribution in [-0.4, -0.2) is 37.3 Å². The van der Waals surface area contributed by atoms with Crippen LogP contribution in [0.1, 0.15) is 17.9 Å². The van der Waals surface area contributed by atoms with Crippen LogP contribution in [-0.2, 0) is 0 Å². The fourth-order valence-electron chi connectivity index (χ4n) is 4.30. The number of benzene rings is 1. The molecule has 0 spiro atoms. The zero-order valence-corrected chi connectivity index (χ0v) is 13.1. The summed E-state index contributed by atoms with van der Waals surface area (Å²) in [4.78, 5) is 6.82. The summed E-state index contributed by atoms with van der Waals surface area (Å²) in [6, 6.07) is 6.16. The van der Waals surface area contributed by atoms with Crippen molar-refractivity contribution in [3.63, 3.8) is 0 Å². The van der Waals surface area contributed by atoms with Crippen LogP contribution in [0.25, 0.3) is 11.3 Å². The van der Waals surface area contributed by atoms with Crippen molar-refractivity contribution in [1.29, 1.82) is 0 Å². The number of aromatic nitrogens is 1. The highest BCUT2D eigenvalue weighted by molar-refractivity contribution is 5.75. The first kappa shape index (κ1) is 14.2. The van der Waals surface area contributed by atoms with Crippen LogP contribution < -0.4 is 15.0 Å². The average Bonchev–Trinajstić information content (AvgIpc) is 2.91. The van der Waals surface area contributed by atoms with Gasteiger partial charge in [-0.3, -0.25) is 0 Å². The summed E-state index contributed by atoms with van der Waals surface area (Å²) in [6.07, 6.45) is 1.06. The summed E-state index contributed by atoms with van der Waals surface area (Å²) < 4.78 is 34.2. The van der Waals surface area contributed by atoms with E-state index in [0.717, 1.165) is 37.3 Å². The minimum atomic E-state index is -0.598. The number of rotatable bonds is 1. The van der Waals surface area contributed by atoms with Gasteiger partial charge in [0.25, 0.3) is 0 Å². The number of ether oxygens (including phenoxy) is 1. The monoisotopic (exact) mass is 329 g/mol. The highest BCUT2D eigenvalue weighted by atomic mass is 19.1. The van der Waals surface area contributed by atoms with Crippen molar-refractivity contribution < 1.29 is 13.5 Å². The van der Waals surface area contributed by atoms with Crippen LogP contribution in [0.15, 0.2) is 24.3 Å². The van der Waals surface area contributed by atoms with Crippen molar-refractivity contribution >= 4 is 5.69 Å². The van der Waals surface area contributed by atoms with Gasteiger partial charge in [-0.25, -0.2) is 13.8 Å². The van der Waals surface area contributed by atoms with Gasteiger partial charge in [0.1, 0.15) is 23.9 Å². The molecule has 4 nitrogen and oxygen atoms in total. The van der Waals surface area contributed by atoms with Gasteiger partial charge >= 0.3 is 0 Å². The summed E-state index contributed by atoms with van der Waals surface area (Å²) in [5.74, 6) is -0.381. The zero-order valence-electron chi connectivity index (χ0n) is 13.1. The van der Waals surface area contributed by atoms with Crippen LogP contribution >= 0.6 is 0 Å². The van der Waals surface area contributed by atoms with Crippen molar-refractivity contribution in [3.8, 4) is 17.1 Å². The van der Waals surface area contributed by atoms with Crippen LogP contribution in [0.3, 0.4) is 0 Å². The van der Waals surface area contributed by atoms with Crippen molar-refractivity contribution in [2.75, 3.05) is 31.1 Å². The highest BCUT2D eigenvalue weighted by Crippen LogP contribution is 2.50. The minimum absolute atomic E-state index is 0.0792. The van der Waals surface area contributed by atoms with Gasteiger partial charge in [-0.1, -0.05) is 6.07 Å². The van der Waals surface area contributed by atoms with Gasteiger partial charge in [0.2, 0.25) is 5.88 Å². The molecule has 24 heavy (non-hydrogen) atoms. The normalized spacial score (nSPS) is 24.3. The zero-order chi connectivity index (χ0) is 16.3. The molecule has 0 saturated carbocycles. The lowest BCUT2D eigenvalue weighted by Gasteiger charge is -2.35. The van der Waals surface area contributed by atoms with Crippen LogP contribution in [0.4, 0.5) is 14.5 Å². The Balaban J connectivity index is 1.72. The molecule has 3 aliphatic rings. The van der Waals surface area contributed by atoms with E-state index in [2.05, 4.69) is 15.2 Å². The number of hydrogen-bond donors (Lipinski definition) is 1. The Hall–Kier alpha value is -2.21. The number of pyridine rings is 1. The predicted octanol–water partition coefficient (Wildman–Crippen LogP) is 2.68. The first-order valence-corrected chi connectivity index (χ1v) is 8.33. The summed E-state index contributed by atoms with van der Waals surface area (Å²) in [6.45, 7) is 3.26. The summed E-state index contributed by atoms with van der Waals surface area (Å²) in [7, 11) is 0. The molecule has 0 aliphatic carbocycles. The fourth-order valence-corrected chi connectivity index (χ4v) is 4.30. The number of nitrogens with zero attached hydrogens (tertiary/aromatic N) is 2. The molecule has 1 aromatic heterocycles. The molecule has 4 heterocycles. The van der Waals surface area contributed by atoms with Crippen molar-refractivity contribution in [1.82, 2.24) is 10.3 Å². The lowest BCUT2D eigenvalue weighted by atomic mass is 9.90. The van der Waals surface area contributed by atoms with Crippen molar-refractivity contribution in [2.24, 2.45) is 0 Å². The second-order valence-electron chi connectivity index (χ2n) is 6.56. The molecule has 2 unspecified atom stereocenters. The van der Waals surface area contributed by atoms with E-state index in [9.17, 15) is 8.78 Å². The number of anilines is 1. The fraction of sp³-hybridized carbons (Fsp3) is 0.389. The standard InChI is InChI=1S/C18H17F2N3O/c19-12-2-1-3-13(20)16(12)14-8-10-11-9-21-5-4-15(11)23-6-7-24-18(22-14)17(10)23/h1-3,8,11,15,21H,4-7,9H2. The van der Waals surface area contributed by atoms with Gasteiger partial charge in [-0.2, -0.15) is 0 Å². The Morgan fingerprint density at radius 2 is 2.08 bits per heavy atom. The highest BCUT2D eigenvalue weighted by Gasteiger charge is 2.44. The van der Waals surface area contributed by atoms with Gasteiger partial charge in [0.05, 0.1) is 17.8 Å². The van der Waals surface area contributed by atoms with E-state index in [1.54, 1.807) is 0 Å². The topological polar surface area (TPSA) is 37.4 Å². The quantitative estimate of drug-likeness (QED) is 0.873. The van der Waals surface area contributed by atoms with E-state index < -0.39 is 11.6 Å². The van der Waals surface area contributed by atoms with Gasteiger partial charge in [-0.15, -0.1) is 0 Å². The maximum absolute atomic E-state index is 14.2. The molecule has 5 rings (SSSR count). The number of nitrogens with one attached hydrogen (secondary N) is 1. The Labute approximate surface area is 138 Å². The van der Waals surface area contributed by atoms with Gasteiger partial charge < -0.3 is 15.0 Å². The lowest BCUT2D eigenvalue weighted by molar-refractivity contribution is 0.285. The molecule has 1 aromatic carbocycles. The summed E-state index contributed by atoms with van der Waals surface area (Å²) in [5.41, 5.74) is 2.34. The molecule has 2 aromatic rings. The Morgan fingerprint density at radius 3 is 2.92 bits per heavy atom. The average molecular weight is 329 g/mol. The molecule has 6 heteroatoms. The molecule has 0 radical (unpaired) electrons. The first-order chi connectivity index (χ1) is 11.7. The number of fused-ring (bicyclic) bond motifs is 3. The van der Waals surface area contributed by atoms with Crippen molar-refractivity contribution in [3.05, 3.63) is 41.5 Å². The summed E-state index contributed by atoms with van der Waals surface area (Å²) >= 11 is 0. The third kappa shape index (κ3) is 1.89. The molecule has 1 N–H and O–H groups in total. The molecular weight excluding hydrogens is 312 g/mol. The maximum atomic E-state index is 14.2. The minimum Gasteiger partial charge on any atom is -0.474 e. The largest absolute Gasteiger partial charge is 0.474 e. The van der Waals surface area contributed by atoms with Crippen LogP contribution in [0.2, 0.25) is 0 Å². The number of piperidine rings is 1. The molecular formula is C18H17F2N3O. The van der Waals surface area contributed by atoms with Crippen molar-refractivity contribution in [2.45, 2.75) is 18.4 Å². The second kappa shape index (κ2) is 5.14. The molecule has 2 atom stereocenters. The summed E-state index contributed by atoms with van der Waals surface area (Å²) in [5, 5.41) is 3.43. The van der Waals surface area contributed by atoms with Gasteiger partial charge in [-0.05, 0) is 36.7 Å². The van der Waals surface area contributed by atoms with E-state index >= 15 is 0 Å². The lowest BCUT2D eigenvalue weighted by Crippen LogP contribution is -2.46. The smallest absolute Gasteiger partial charge is 0.238 e. The predicted molar refractivity (Wildman–Crippen MR) is 86.4 cm³/mol. The van der Waals surface area contributed by atoms with E-state index in [1.807, 2.05) is 6.07 Å². The van der Waals surface area contributed by atoms with Gasteiger partial charge in [0.15, 0.2) is 0 Å². The van der Waals surface area contributed by atoms with Gasteiger partial charge in [0, 0.05) is 18.5 Å². The Morgan fingerprint density at radius 1 is 1.25 bits per heavy atom. The maximum Gasteiger partial charge on any atom is 0.238 e.